The number of hydrogen-bond acceptors (Lipinski definition) is 6. The number of anilines is 2. The van der Waals surface area contributed by atoms with Gasteiger partial charge in [0.05, 0.1) is 11.0 Å². The molecule has 0 spiro atoms. The molecule has 0 aliphatic carbocycles. The van der Waals surface area contributed by atoms with Gasteiger partial charge >= 0.3 is 6.03 Å². The van der Waals surface area contributed by atoms with Crippen LogP contribution < -0.4 is 15.4 Å². The highest BCUT2D eigenvalue weighted by molar-refractivity contribution is 7.92. The molecule has 0 saturated carbocycles. The average Bonchev–Trinajstić information content (AvgIpc) is 2.95. The van der Waals surface area contributed by atoms with Crippen LogP contribution in [0.5, 0.6) is 0 Å². The topological polar surface area (TPSA) is 113 Å². The highest BCUT2D eigenvalue weighted by atomic mass is 32.2. The maximum absolute atomic E-state index is 13.4. The third-order valence-corrected chi connectivity index (χ3v) is 8.09. The van der Waals surface area contributed by atoms with Crippen molar-refractivity contribution in [3.05, 3.63) is 108 Å². The lowest BCUT2D eigenvalue weighted by Gasteiger charge is -2.38. The van der Waals surface area contributed by atoms with Gasteiger partial charge in [-0.2, -0.15) is 0 Å². The summed E-state index contributed by atoms with van der Waals surface area (Å²) in [6.45, 7) is 2.90. The summed E-state index contributed by atoms with van der Waals surface area (Å²) in [4.78, 5) is 18.7. The van der Waals surface area contributed by atoms with E-state index in [0.717, 1.165) is 36.3 Å². The van der Waals surface area contributed by atoms with Crippen molar-refractivity contribution < 1.29 is 17.9 Å². The lowest BCUT2D eigenvalue weighted by Crippen LogP contribution is -2.50. The number of carbonyl (C=O) groups excluding carboxylic acids is 1. The molecule has 2 heterocycles. The molecule has 206 valence electrons. The summed E-state index contributed by atoms with van der Waals surface area (Å²) < 4.78 is 34.9. The third-order valence-electron chi connectivity index (χ3n) is 6.65. The summed E-state index contributed by atoms with van der Waals surface area (Å²) in [5.41, 5.74) is 4.36. The summed E-state index contributed by atoms with van der Waals surface area (Å²) in [5, 5.41) is 5.50. The Labute approximate surface area is 234 Å². The molecule has 0 atom stereocenters. The number of methoxy groups -OCH3 is 1. The van der Waals surface area contributed by atoms with Crippen LogP contribution >= 0.6 is 0 Å². The van der Waals surface area contributed by atoms with Gasteiger partial charge in [-0.1, -0.05) is 42.5 Å². The molecule has 0 bridgehead atoms. The number of pyridine rings is 1. The molecule has 10 heteroatoms. The zero-order chi connectivity index (χ0) is 28.0. The standard InChI is InChI=1S/C30H31N5O4S/c1-39-27-20-35(21-27)19-22-6-4-8-24(16-22)28-9-2-3-10-29(28)40(37,38)34-26-13-11-25(12-14-26)33-30(36)32-18-23-7-5-15-31-17-23/h2-17,27,34H,18-21H2,1H3,(H2,32,33,36). The monoisotopic (exact) mass is 557 g/mol. The fourth-order valence-electron chi connectivity index (χ4n) is 4.53. The molecular weight excluding hydrogens is 526 g/mol. The van der Waals surface area contributed by atoms with E-state index < -0.39 is 10.0 Å². The van der Waals surface area contributed by atoms with Crippen molar-refractivity contribution in [2.24, 2.45) is 0 Å². The maximum atomic E-state index is 13.4. The van der Waals surface area contributed by atoms with E-state index in [4.69, 9.17) is 4.74 Å². The van der Waals surface area contributed by atoms with Gasteiger partial charge < -0.3 is 15.4 Å². The highest BCUT2D eigenvalue weighted by Crippen LogP contribution is 2.30. The van der Waals surface area contributed by atoms with Crippen molar-refractivity contribution in [1.82, 2.24) is 15.2 Å². The Bertz CT molecular complexity index is 1560. The van der Waals surface area contributed by atoms with E-state index in [1.54, 1.807) is 62.0 Å². The molecule has 1 aromatic heterocycles. The first-order valence-electron chi connectivity index (χ1n) is 12.9. The molecule has 3 N–H and O–H groups in total. The van der Waals surface area contributed by atoms with Gasteiger partial charge in [0.15, 0.2) is 0 Å². The maximum Gasteiger partial charge on any atom is 0.319 e. The lowest BCUT2D eigenvalue weighted by molar-refractivity contribution is -0.0333. The van der Waals surface area contributed by atoms with Crippen molar-refractivity contribution in [3.63, 3.8) is 0 Å². The molecule has 2 amide bonds. The minimum Gasteiger partial charge on any atom is -0.379 e. The van der Waals surface area contributed by atoms with Crippen LogP contribution in [-0.2, 0) is 27.8 Å². The van der Waals surface area contributed by atoms with Gasteiger partial charge in [-0.05, 0) is 59.2 Å². The lowest BCUT2D eigenvalue weighted by atomic mass is 10.0. The first-order chi connectivity index (χ1) is 19.4. The summed E-state index contributed by atoms with van der Waals surface area (Å²) in [6.07, 6.45) is 3.63. The number of likely N-dealkylation sites (tertiary alicyclic amines) is 1. The van der Waals surface area contributed by atoms with Crippen LogP contribution in [0.15, 0.2) is 102 Å². The Morgan fingerprint density at radius 2 is 1.70 bits per heavy atom. The first kappa shape index (κ1) is 27.3. The molecule has 0 unspecified atom stereocenters. The molecule has 0 radical (unpaired) electrons. The number of nitrogens with zero attached hydrogens (tertiary/aromatic N) is 2. The predicted molar refractivity (Wildman–Crippen MR) is 155 cm³/mol. The van der Waals surface area contributed by atoms with Crippen LogP contribution in [0.25, 0.3) is 11.1 Å². The highest BCUT2D eigenvalue weighted by Gasteiger charge is 2.26. The number of urea groups is 1. The van der Waals surface area contributed by atoms with Crippen molar-refractivity contribution in [2.75, 3.05) is 30.2 Å². The first-order valence-corrected chi connectivity index (χ1v) is 14.4. The summed E-state index contributed by atoms with van der Waals surface area (Å²) in [7, 11) is -2.16. The average molecular weight is 558 g/mol. The van der Waals surface area contributed by atoms with Crippen molar-refractivity contribution in [2.45, 2.75) is 24.1 Å². The number of aromatic nitrogens is 1. The normalized spacial score (nSPS) is 13.8. The molecule has 5 rings (SSSR count). The minimum atomic E-state index is -3.89. The van der Waals surface area contributed by atoms with Gasteiger partial charge in [0.1, 0.15) is 0 Å². The van der Waals surface area contributed by atoms with E-state index in [1.165, 1.54) is 0 Å². The van der Waals surface area contributed by atoms with Gasteiger partial charge in [0.2, 0.25) is 0 Å². The molecule has 9 nitrogen and oxygen atoms in total. The molecule has 1 aliphatic rings. The number of ether oxygens (including phenoxy) is 1. The number of rotatable bonds is 10. The SMILES string of the molecule is COC1CN(Cc2cccc(-c3ccccc3S(=O)(=O)Nc3ccc(NC(=O)NCc4cccnc4)cc3)c2)C1. The summed E-state index contributed by atoms with van der Waals surface area (Å²) in [6, 6.07) is 24.7. The van der Waals surface area contributed by atoms with E-state index >= 15 is 0 Å². The zero-order valence-corrected chi connectivity index (χ0v) is 22.9. The molecule has 4 aromatic rings. The van der Waals surface area contributed by atoms with E-state index in [9.17, 15) is 13.2 Å². The number of nitrogens with one attached hydrogen (secondary N) is 3. The number of amides is 2. The quantitative estimate of drug-likeness (QED) is 0.261. The second-order valence-electron chi connectivity index (χ2n) is 9.60. The molecule has 1 saturated heterocycles. The predicted octanol–water partition coefficient (Wildman–Crippen LogP) is 4.70. The number of carbonyl (C=O) groups is 1. The van der Waals surface area contributed by atoms with E-state index in [2.05, 4.69) is 25.2 Å². The van der Waals surface area contributed by atoms with Gasteiger partial charge in [-0.3, -0.25) is 14.6 Å². The van der Waals surface area contributed by atoms with Crippen molar-refractivity contribution in [3.8, 4) is 11.1 Å². The Hall–Kier alpha value is -4.25. The molecule has 1 fully saturated rings. The third kappa shape index (κ3) is 6.84. The summed E-state index contributed by atoms with van der Waals surface area (Å²) in [5.74, 6) is 0. The van der Waals surface area contributed by atoms with Crippen molar-refractivity contribution in [1.29, 1.82) is 0 Å². The number of benzene rings is 3. The second-order valence-corrected chi connectivity index (χ2v) is 11.3. The Balaban J connectivity index is 1.24. The fraction of sp³-hybridized carbons (Fsp3) is 0.200. The van der Waals surface area contributed by atoms with Gasteiger partial charge in [0, 0.05) is 62.6 Å². The van der Waals surface area contributed by atoms with E-state index in [-0.39, 0.29) is 17.0 Å². The van der Waals surface area contributed by atoms with Crippen LogP contribution in [0, 0.1) is 0 Å². The molecule has 3 aromatic carbocycles. The van der Waals surface area contributed by atoms with E-state index in [1.807, 2.05) is 42.5 Å². The van der Waals surface area contributed by atoms with Crippen LogP contribution in [0.1, 0.15) is 11.1 Å². The van der Waals surface area contributed by atoms with Crippen LogP contribution in [0.2, 0.25) is 0 Å². The smallest absolute Gasteiger partial charge is 0.319 e. The van der Waals surface area contributed by atoms with Crippen molar-refractivity contribution >= 4 is 27.4 Å². The summed E-state index contributed by atoms with van der Waals surface area (Å²) >= 11 is 0. The number of sulfonamides is 1. The molecule has 1 aliphatic heterocycles. The Morgan fingerprint density at radius 1 is 0.950 bits per heavy atom. The minimum absolute atomic E-state index is 0.188. The van der Waals surface area contributed by atoms with Crippen LogP contribution in [0.3, 0.4) is 0 Å². The molecular formula is C30H31N5O4S. The largest absolute Gasteiger partial charge is 0.379 e. The zero-order valence-electron chi connectivity index (χ0n) is 22.1. The van der Waals surface area contributed by atoms with Gasteiger partial charge in [0.25, 0.3) is 10.0 Å². The van der Waals surface area contributed by atoms with Crippen LogP contribution in [0.4, 0.5) is 16.2 Å². The Kier molecular flexibility index (Phi) is 8.40. The second kappa shape index (κ2) is 12.3. The van der Waals surface area contributed by atoms with Gasteiger partial charge in [-0.15, -0.1) is 0 Å². The Morgan fingerprint density at radius 3 is 2.45 bits per heavy atom. The number of hydrogen-bond donors (Lipinski definition) is 3. The van der Waals surface area contributed by atoms with Crippen LogP contribution in [-0.4, -0.2) is 50.6 Å². The fourth-order valence-corrected chi connectivity index (χ4v) is 5.82. The van der Waals surface area contributed by atoms with Gasteiger partial charge in [-0.25, -0.2) is 13.2 Å². The molecule has 40 heavy (non-hydrogen) atoms. The van der Waals surface area contributed by atoms with E-state index in [0.29, 0.717) is 23.5 Å².